The molecule has 0 radical (unpaired) electrons. The van der Waals surface area contributed by atoms with Crippen LogP contribution >= 0.6 is 0 Å². The van der Waals surface area contributed by atoms with Gasteiger partial charge in [-0.25, -0.2) is 0 Å². The first-order valence-corrected chi connectivity index (χ1v) is 5.88. The van der Waals surface area contributed by atoms with Gasteiger partial charge in [-0.05, 0) is 30.1 Å². The molecular formula is C13H24O. The maximum atomic E-state index is 11.9. The molecule has 0 aromatic rings. The van der Waals surface area contributed by atoms with Crippen molar-refractivity contribution in [1.29, 1.82) is 0 Å². The van der Waals surface area contributed by atoms with Gasteiger partial charge in [0.1, 0.15) is 5.78 Å². The summed E-state index contributed by atoms with van der Waals surface area (Å²) >= 11 is 0. The van der Waals surface area contributed by atoms with E-state index < -0.39 is 0 Å². The SMILES string of the molecule is CC(C)C(C)(C)[C@H]1C[C@H](C)CCC1=O. The molecular weight excluding hydrogens is 172 g/mol. The molecule has 0 amide bonds. The van der Waals surface area contributed by atoms with Gasteiger partial charge in [0.25, 0.3) is 0 Å². The largest absolute Gasteiger partial charge is 0.299 e. The van der Waals surface area contributed by atoms with E-state index >= 15 is 0 Å². The second-order valence-corrected chi connectivity index (χ2v) is 5.87. The second-order valence-electron chi connectivity index (χ2n) is 5.87. The van der Waals surface area contributed by atoms with E-state index in [0.717, 1.165) is 25.2 Å². The predicted octanol–water partition coefficient (Wildman–Crippen LogP) is 3.67. The molecule has 1 saturated carbocycles. The van der Waals surface area contributed by atoms with Gasteiger partial charge in [0.05, 0.1) is 0 Å². The minimum atomic E-state index is 0.172. The lowest BCUT2D eigenvalue weighted by Gasteiger charge is -2.40. The quantitative estimate of drug-likeness (QED) is 0.658. The zero-order valence-electron chi connectivity index (χ0n) is 10.3. The zero-order valence-corrected chi connectivity index (χ0v) is 10.3. The predicted molar refractivity (Wildman–Crippen MR) is 60.1 cm³/mol. The van der Waals surface area contributed by atoms with Crippen LogP contribution in [0.3, 0.4) is 0 Å². The van der Waals surface area contributed by atoms with Gasteiger partial charge in [-0.15, -0.1) is 0 Å². The average Bonchev–Trinajstić information content (AvgIpc) is 2.08. The molecule has 14 heavy (non-hydrogen) atoms. The lowest BCUT2D eigenvalue weighted by atomic mass is 9.63. The van der Waals surface area contributed by atoms with Gasteiger partial charge in [-0.3, -0.25) is 4.79 Å². The van der Waals surface area contributed by atoms with Gasteiger partial charge in [-0.1, -0.05) is 34.6 Å². The van der Waals surface area contributed by atoms with Gasteiger partial charge in [0.15, 0.2) is 0 Å². The van der Waals surface area contributed by atoms with E-state index in [4.69, 9.17) is 0 Å². The molecule has 1 aliphatic carbocycles. The van der Waals surface area contributed by atoms with Crippen molar-refractivity contribution in [3.05, 3.63) is 0 Å². The molecule has 1 aliphatic rings. The first kappa shape index (κ1) is 11.7. The Kier molecular flexibility index (Phi) is 3.39. The summed E-state index contributed by atoms with van der Waals surface area (Å²) in [5.41, 5.74) is 0.172. The summed E-state index contributed by atoms with van der Waals surface area (Å²) in [7, 11) is 0. The summed E-state index contributed by atoms with van der Waals surface area (Å²) in [6, 6.07) is 0. The smallest absolute Gasteiger partial charge is 0.136 e. The molecule has 0 saturated heterocycles. The van der Waals surface area contributed by atoms with E-state index in [1.54, 1.807) is 0 Å². The van der Waals surface area contributed by atoms with Crippen LogP contribution in [0.1, 0.15) is 53.9 Å². The number of Topliss-reactive ketones (excluding diaryl/α,β-unsaturated/α-hetero) is 1. The number of hydrogen-bond acceptors (Lipinski definition) is 1. The van der Waals surface area contributed by atoms with Gasteiger partial charge < -0.3 is 0 Å². The van der Waals surface area contributed by atoms with E-state index in [2.05, 4.69) is 34.6 Å². The number of hydrogen-bond donors (Lipinski definition) is 0. The minimum absolute atomic E-state index is 0.172. The molecule has 0 spiro atoms. The van der Waals surface area contributed by atoms with Crippen LogP contribution in [-0.4, -0.2) is 5.78 Å². The molecule has 1 heteroatoms. The number of ketones is 1. The highest BCUT2D eigenvalue weighted by atomic mass is 16.1. The molecule has 2 atom stereocenters. The fraction of sp³-hybridized carbons (Fsp3) is 0.923. The van der Waals surface area contributed by atoms with Crippen molar-refractivity contribution in [3.63, 3.8) is 0 Å². The van der Waals surface area contributed by atoms with Crippen LogP contribution in [0.4, 0.5) is 0 Å². The molecule has 0 unspecified atom stereocenters. The Morgan fingerprint density at radius 3 is 2.43 bits per heavy atom. The van der Waals surface area contributed by atoms with Crippen molar-refractivity contribution in [2.75, 3.05) is 0 Å². The fourth-order valence-electron chi connectivity index (χ4n) is 2.34. The van der Waals surface area contributed by atoms with Crippen molar-refractivity contribution in [3.8, 4) is 0 Å². The Labute approximate surface area is 88.3 Å². The molecule has 82 valence electrons. The highest BCUT2D eigenvalue weighted by Crippen LogP contribution is 2.42. The van der Waals surface area contributed by atoms with E-state index in [1.807, 2.05) is 0 Å². The molecule has 1 rings (SSSR count). The molecule has 1 nitrogen and oxygen atoms in total. The van der Waals surface area contributed by atoms with Crippen LogP contribution in [-0.2, 0) is 4.79 Å². The van der Waals surface area contributed by atoms with Crippen LogP contribution < -0.4 is 0 Å². The van der Waals surface area contributed by atoms with Crippen LogP contribution in [0.2, 0.25) is 0 Å². The van der Waals surface area contributed by atoms with Crippen molar-refractivity contribution in [1.82, 2.24) is 0 Å². The average molecular weight is 196 g/mol. The second kappa shape index (κ2) is 4.04. The Morgan fingerprint density at radius 2 is 1.93 bits per heavy atom. The first-order chi connectivity index (χ1) is 6.35. The summed E-state index contributed by atoms with van der Waals surface area (Å²) < 4.78 is 0. The summed E-state index contributed by atoms with van der Waals surface area (Å²) in [4.78, 5) is 11.9. The monoisotopic (exact) mass is 196 g/mol. The Balaban J connectivity index is 2.78. The standard InChI is InChI=1S/C13H24O/c1-9(2)13(4,5)11-8-10(3)6-7-12(11)14/h9-11H,6-8H2,1-5H3/t10-,11+/m1/s1. The van der Waals surface area contributed by atoms with E-state index in [9.17, 15) is 4.79 Å². The van der Waals surface area contributed by atoms with Gasteiger partial charge in [0, 0.05) is 12.3 Å². The minimum Gasteiger partial charge on any atom is -0.299 e. The summed E-state index contributed by atoms with van der Waals surface area (Å²) in [5.74, 6) is 2.12. The van der Waals surface area contributed by atoms with E-state index in [1.165, 1.54) is 0 Å². The van der Waals surface area contributed by atoms with Crippen LogP contribution in [0.15, 0.2) is 0 Å². The third-order valence-corrected chi connectivity index (χ3v) is 4.30. The van der Waals surface area contributed by atoms with Crippen LogP contribution in [0.5, 0.6) is 0 Å². The molecule has 1 fully saturated rings. The number of rotatable bonds is 2. The van der Waals surface area contributed by atoms with Crippen molar-refractivity contribution in [2.45, 2.75) is 53.9 Å². The third-order valence-electron chi connectivity index (χ3n) is 4.30. The summed E-state index contributed by atoms with van der Waals surface area (Å²) in [6.45, 7) is 11.2. The number of carbonyl (C=O) groups is 1. The highest BCUT2D eigenvalue weighted by molar-refractivity contribution is 5.82. The van der Waals surface area contributed by atoms with Crippen molar-refractivity contribution >= 4 is 5.78 Å². The summed E-state index contributed by atoms with van der Waals surface area (Å²) in [6.07, 6.45) is 3.01. The van der Waals surface area contributed by atoms with Crippen molar-refractivity contribution in [2.24, 2.45) is 23.2 Å². The maximum absolute atomic E-state index is 11.9. The van der Waals surface area contributed by atoms with E-state index in [-0.39, 0.29) is 5.41 Å². The maximum Gasteiger partial charge on any atom is 0.136 e. The molecule has 0 aromatic heterocycles. The molecule has 0 aliphatic heterocycles. The Morgan fingerprint density at radius 1 is 1.36 bits per heavy atom. The molecule has 0 aromatic carbocycles. The first-order valence-electron chi connectivity index (χ1n) is 5.88. The Hall–Kier alpha value is -0.330. The van der Waals surface area contributed by atoms with E-state index in [0.29, 0.717) is 17.6 Å². The number of carbonyl (C=O) groups excluding carboxylic acids is 1. The Bertz CT molecular complexity index is 215. The van der Waals surface area contributed by atoms with Gasteiger partial charge in [-0.2, -0.15) is 0 Å². The lowest BCUT2D eigenvalue weighted by Crippen LogP contribution is -2.38. The van der Waals surface area contributed by atoms with Crippen LogP contribution in [0.25, 0.3) is 0 Å². The normalized spacial score (nSPS) is 29.7. The van der Waals surface area contributed by atoms with Gasteiger partial charge in [0.2, 0.25) is 0 Å². The molecule has 0 heterocycles. The van der Waals surface area contributed by atoms with Gasteiger partial charge >= 0.3 is 0 Å². The van der Waals surface area contributed by atoms with Crippen molar-refractivity contribution < 1.29 is 4.79 Å². The molecule has 0 bridgehead atoms. The highest BCUT2D eigenvalue weighted by Gasteiger charge is 2.39. The topological polar surface area (TPSA) is 17.1 Å². The lowest BCUT2D eigenvalue weighted by molar-refractivity contribution is -0.131. The summed E-state index contributed by atoms with van der Waals surface area (Å²) in [5, 5.41) is 0. The zero-order chi connectivity index (χ0) is 10.9. The fourth-order valence-corrected chi connectivity index (χ4v) is 2.34. The van der Waals surface area contributed by atoms with Crippen LogP contribution in [0, 0.1) is 23.2 Å². The third kappa shape index (κ3) is 2.18. The molecule has 0 N–H and O–H groups in total.